The number of aliphatic imine (C=N–C) groups is 1. The molecular weight excluding hydrogens is 174 g/mol. The molecule has 0 radical (unpaired) electrons. The van der Waals surface area contributed by atoms with Gasteiger partial charge >= 0.3 is 0 Å². The Balaban J connectivity index is 3.11. The Morgan fingerprint density at radius 1 is 1.58 bits per heavy atom. The number of carboxylic acids is 1. The van der Waals surface area contributed by atoms with Crippen molar-refractivity contribution in [2.75, 3.05) is 0 Å². The number of carbonyl (C=O) groups is 1. The number of isothiocyanates is 1. The van der Waals surface area contributed by atoms with Gasteiger partial charge in [-0.05, 0) is 29.9 Å². The zero-order chi connectivity index (χ0) is 8.97. The first-order valence-electron chi connectivity index (χ1n) is 3.13. The second kappa shape index (κ2) is 3.76. The summed E-state index contributed by atoms with van der Waals surface area (Å²) < 4.78 is 0. The summed E-state index contributed by atoms with van der Waals surface area (Å²) in [5.74, 6) is -1.23. The molecule has 0 spiro atoms. The molecule has 0 saturated carbocycles. The predicted molar refractivity (Wildman–Crippen MR) is 45.5 cm³/mol. The summed E-state index contributed by atoms with van der Waals surface area (Å²) in [6.07, 6.45) is 0. The molecule has 0 aromatic heterocycles. The van der Waals surface area contributed by atoms with Crippen molar-refractivity contribution < 1.29 is 9.90 Å². The molecule has 1 rings (SSSR count). The van der Waals surface area contributed by atoms with Gasteiger partial charge in [-0.25, -0.2) is 0 Å². The number of hydrogen-bond donors (Lipinski definition) is 0. The van der Waals surface area contributed by atoms with Gasteiger partial charge in [0.25, 0.3) is 0 Å². The van der Waals surface area contributed by atoms with Gasteiger partial charge in [-0.2, -0.15) is 4.99 Å². The molecule has 0 atom stereocenters. The SMILES string of the molecule is O=C([O-])c1cccc(N=C=S)c1. The van der Waals surface area contributed by atoms with Gasteiger partial charge in [0.2, 0.25) is 0 Å². The molecule has 60 valence electrons. The molecule has 0 aliphatic heterocycles. The van der Waals surface area contributed by atoms with E-state index in [-0.39, 0.29) is 5.56 Å². The number of carboxylic acid groups (broad SMARTS) is 1. The highest BCUT2D eigenvalue weighted by Gasteiger charge is 1.93. The van der Waals surface area contributed by atoms with Crippen LogP contribution < -0.4 is 5.11 Å². The number of aromatic carboxylic acids is 1. The average molecular weight is 178 g/mol. The molecule has 0 aliphatic carbocycles. The van der Waals surface area contributed by atoms with Crippen LogP contribution >= 0.6 is 12.2 Å². The van der Waals surface area contributed by atoms with Gasteiger partial charge in [0.05, 0.1) is 16.8 Å². The summed E-state index contributed by atoms with van der Waals surface area (Å²) in [6, 6.07) is 5.99. The van der Waals surface area contributed by atoms with Crippen LogP contribution in [0.2, 0.25) is 0 Å². The van der Waals surface area contributed by atoms with Crippen molar-refractivity contribution in [1.29, 1.82) is 0 Å². The Labute approximate surface area is 74.4 Å². The van der Waals surface area contributed by atoms with Crippen LogP contribution in [0.3, 0.4) is 0 Å². The van der Waals surface area contributed by atoms with E-state index in [1.54, 1.807) is 12.1 Å². The van der Waals surface area contributed by atoms with Gasteiger partial charge in [0, 0.05) is 0 Å². The minimum Gasteiger partial charge on any atom is -0.545 e. The summed E-state index contributed by atoms with van der Waals surface area (Å²) in [5, 5.41) is 12.5. The molecule has 0 saturated heterocycles. The number of benzene rings is 1. The highest BCUT2D eigenvalue weighted by molar-refractivity contribution is 7.78. The molecule has 0 amide bonds. The van der Waals surface area contributed by atoms with Gasteiger partial charge < -0.3 is 9.90 Å². The van der Waals surface area contributed by atoms with Crippen LogP contribution in [0.1, 0.15) is 10.4 Å². The first kappa shape index (κ1) is 8.59. The number of hydrogen-bond acceptors (Lipinski definition) is 4. The summed E-state index contributed by atoms with van der Waals surface area (Å²) in [5.41, 5.74) is 0.549. The first-order chi connectivity index (χ1) is 5.74. The molecule has 0 bridgehead atoms. The lowest BCUT2D eigenvalue weighted by Crippen LogP contribution is -2.21. The molecule has 0 unspecified atom stereocenters. The van der Waals surface area contributed by atoms with Crippen LogP contribution in [0.15, 0.2) is 29.3 Å². The number of rotatable bonds is 2. The Hall–Kier alpha value is -1.51. The lowest BCUT2D eigenvalue weighted by Gasteiger charge is -2.00. The van der Waals surface area contributed by atoms with Gasteiger partial charge in [-0.1, -0.05) is 12.1 Å². The van der Waals surface area contributed by atoms with Crippen molar-refractivity contribution in [1.82, 2.24) is 0 Å². The average Bonchev–Trinajstić information content (AvgIpc) is 2.05. The largest absolute Gasteiger partial charge is 0.545 e. The Morgan fingerprint density at radius 3 is 2.92 bits per heavy atom. The van der Waals surface area contributed by atoms with E-state index in [2.05, 4.69) is 22.4 Å². The zero-order valence-corrected chi connectivity index (χ0v) is 6.80. The molecule has 4 heteroatoms. The minimum atomic E-state index is -1.23. The fourth-order valence-electron chi connectivity index (χ4n) is 0.755. The van der Waals surface area contributed by atoms with Crippen molar-refractivity contribution in [3.63, 3.8) is 0 Å². The monoisotopic (exact) mass is 178 g/mol. The molecule has 0 fully saturated rings. The molecule has 1 aromatic carbocycles. The number of carbonyl (C=O) groups excluding carboxylic acids is 1. The summed E-state index contributed by atoms with van der Waals surface area (Å²) >= 11 is 4.36. The van der Waals surface area contributed by atoms with Crippen molar-refractivity contribution >= 4 is 29.0 Å². The molecule has 0 heterocycles. The summed E-state index contributed by atoms with van der Waals surface area (Å²) in [4.78, 5) is 14.0. The van der Waals surface area contributed by atoms with Crippen LogP contribution in [0.5, 0.6) is 0 Å². The maximum Gasteiger partial charge on any atom is 0.0746 e. The minimum absolute atomic E-state index is 0.0847. The highest BCUT2D eigenvalue weighted by Crippen LogP contribution is 2.12. The van der Waals surface area contributed by atoms with E-state index in [0.29, 0.717) is 5.69 Å². The van der Waals surface area contributed by atoms with Gasteiger partial charge in [0.1, 0.15) is 0 Å². The third kappa shape index (κ3) is 1.99. The Morgan fingerprint density at radius 2 is 2.33 bits per heavy atom. The van der Waals surface area contributed by atoms with Crippen LogP contribution in [-0.2, 0) is 0 Å². The Kier molecular flexibility index (Phi) is 2.69. The Bertz CT molecular complexity index is 339. The quantitative estimate of drug-likeness (QED) is 0.497. The van der Waals surface area contributed by atoms with Crippen molar-refractivity contribution in [3.8, 4) is 0 Å². The van der Waals surface area contributed by atoms with Crippen LogP contribution in [0, 0.1) is 0 Å². The smallest absolute Gasteiger partial charge is 0.0746 e. The second-order valence-corrected chi connectivity index (χ2v) is 2.22. The lowest BCUT2D eigenvalue weighted by molar-refractivity contribution is -0.255. The van der Waals surface area contributed by atoms with E-state index < -0.39 is 5.97 Å². The van der Waals surface area contributed by atoms with Crippen molar-refractivity contribution in [3.05, 3.63) is 29.8 Å². The number of nitrogens with zero attached hydrogens (tertiary/aromatic N) is 1. The molecular formula is C8H4NO2S-. The van der Waals surface area contributed by atoms with Crippen molar-refractivity contribution in [2.24, 2.45) is 4.99 Å². The molecule has 0 aliphatic rings. The lowest BCUT2D eigenvalue weighted by atomic mass is 10.2. The van der Waals surface area contributed by atoms with E-state index in [0.717, 1.165) is 0 Å². The van der Waals surface area contributed by atoms with E-state index in [4.69, 9.17) is 0 Å². The number of thiocarbonyl (C=S) groups is 1. The predicted octanol–water partition coefficient (Wildman–Crippen LogP) is 0.784. The van der Waals surface area contributed by atoms with Gasteiger partial charge in [0.15, 0.2) is 0 Å². The fraction of sp³-hybridized carbons (Fsp3) is 0. The second-order valence-electron chi connectivity index (χ2n) is 2.04. The fourth-order valence-corrected chi connectivity index (χ4v) is 0.861. The highest BCUT2D eigenvalue weighted by atomic mass is 32.1. The van der Waals surface area contributed by atoms with Crippen LogP contribution in [-0.4, -0.2) is 11.1 Å². The first-order valence-corrected chi connectivity index (χ1v) is 3.54. The molecule has 1 aromatic rings. The van der Waals surface area contributed by atoms with Crippen LogP contribution in [0.4, 0.5) is 5.69 Å². The van der Waals surface area contributed by atoms with E-state index in [1.807, 2.05) is 0 Å². The summed E-state index contributed by atoms with van der Waals surface area (Å²) in [7, 11) is 0. The van der Waals surface area contributed by atoms with E-state index >= 15 is 0 Å². The van der Waals surface area contributed by atoms with Gasteiger partial charge in [-0.15, -0.1) is 0 Å². The third-order valence-corrected chi connectivity index (χ3v) is 1.35. The van der Waals surface area contributed by atoms with E-state index in [9.17, 15) is 9.90 Å². The third-order valence-electron chi connectivity index (χ3n) is 1.26. The van der Waals surface area contributed by atoms with E-state index in [1.165, 1.54) is 12.1 Å². The van der Waals surface area contributed by atoms with Crippen molar-refractivity contribution in [2.45, 2.75) is 0 Å². The maximum atomic E-state index is 10.4. The normalized spacial score (nSPS) is 8.67. The van der Waals surface area contributed by atoms with Gasteiger partial charge in [-0.3, -0.25) is 0 Å². The summed E-state index contributed by atoms with van der Waals surface area (Å²) in [6.45, 7) is 0. The maximum absolute atomic E-state index is 10.4. The molecule has 0 N–H and O–H groups in total. The molecule has 12 heavy (non-hydrogen) atoms. The molecule has 3 nitrogen and oxygen atoms in total. The van der Waals surface area contributed by atoms with Crippen LogP contribution in [0.25, 0.3) is 0 Å². The zero-order valence-electron chi connectivity index (χ0n) is 5.98. The standard InChI is InChI=1S/C8H5NO2S/c10-8(11)6-2-1-3-7(4-6)9-5-12/h1-4H,(H,10,11)/p-1. The topological polar surface area (TPSA) is 52.5 Å².